The normalized spacial score (nSPS) is 24.8. The van der Waals surface area contributed by atoms with Crippen LogP contribution in [0.4, 0.5) is 4.79 Å². The lowest BCUT2D eigenvalue weighted by Gasteiger charge is -2.31. The molecule has 39 heavy (non-hydrogen) atoms. The predicted octanol–water partition coefficient (Wildman–Crippen LogP) is 2.21. The van der Waals surface area contributed by atoms with Crippen LogP contribution in [0.15, 0.2) is 0 Å². The topological polar surface area (TPSA) is 163 Å². The van der Waals surface area contributed by atoms with Crippen LogP contribution in [-0.2, 0) is 24.4 Å². The molecule has 11 nitrogen and oxygen atoms in total. The molecular weight excluding hydrogens is 522 g/mol. The zero-order valence-corrected chi connectivity index (χ0v) is 24.9. The van der Waals surface area contributed by atoms with Crippen molar-refractivity contribution in [2.75, 3.05) is 6.54 Å². The molecule has 0 aromatic heterocycles. The Balaban J connectivity index is 1.41. The Bertz CT molecular complexity index is 1050. The fourth-order valence-corrected chi connectivity index (χ4v) is 6.54. The summed E-state index contributed by atoms with van der Waals surface area (Å²) >= 11 is 0. The van der Waals surface area contributed by atoms with Gasteiger partial charge < -0.3 is 21.3 Å². The Morgan fingerprint density at radius 2 is 1.67 bits per heavy atom. The molecule has 3 aliphatic rings. The molecule has 5 amide bonds. The third-order valence-electron chi connectivity index (χ3n) is 8.42. The second kappa shape index (κ2) is 12.0. The second-order valence-electron chi connectivity index (χ2n) is 12.9. The lowest BCUT2D eigenvalue weighted by Crippen LogP contribution is -2.56. The smallest absolute Gasteiger partial charge is 0.315 e. The average Bonchev–Trinajstić information content (AvgIpc) is 3.70. The minimum Gasteiger partial charge on any atom is -0.354 e. The molecule has 0 radical (unpaired) electrons. The summed E-state index contributed by atoms with van der Waals surface area (Å²) in [5.41, 5.74) is -1.67. The first-order valence-electron chi connectivity index (χ1n) is 14.4. The van der Waals surface area contributed by atoms with E-state index in [9.17, 15) is 27.6 Å². The molecule has 0 saturated heterocycles. The molecule has 3 atom stereocenters. The van der Waals surface area contributed by atoms with Gasteiger partial charge in [-0.1, -0.05) is 47.0 Å². The molecule has 5 N–H and O–H groups in total. The Hall–Kier alpha value is -2.37. The first-order valence-corrected chi connectivity index (χ1v) is 15.8. The summed E-state index contributed by atoms with van der Waals surface area (Å²) in [6.45, 7) is 9.53. The summed E-state index contributed by atoms with van der Waals surface area (Å²) < 4.78 is 26.3. The maximum atomic E-state index is 12.9. The van der Waals surface area contributed by atoms with Crippen LogP contribution >= 0.6 is 0 Å². The molecule has 0 heterocycles. The fourth-order valence-electron chi connectivity index (χ4n) is 5.23. The molecular formula is C27H47N5O6S. The first-order chi connectivity index (χ1) is 18.1. The van der Waals surface area contributed by atoms with Gasteiger partial charge in [0.2, 0.25) is 21.8 Å². The Labute approximate surface area is 232 Å². The van der Waals surface area contributed by atoms with E-state index in [1.807, 2.05) is 27.7 Å². The highest BCUT2D eigenvalue weighted by molar-refractivity contribution is 7.91. The molecule has 222 valence electrons. The molecule has 0 aromatic rings. The van der Waals surface area contributed by atoms with Crippen molar-refractivity contribution in [2.45, 2.75) is 128 Å². The zero-order valence-electron chi connectivity index (χ0n) is 24.1. The van der Waals surface area contributed by atoms with Gasteiger partial charge in [0.05, 0.1) is 4.75 Å². The van der Waals surface area contributed by atoms with Crippen LogP contribution in [0.2, 0.25) is 0 Å². The van der Waals surface area contributed by atoms with Gasteiger partial charge in [-0.2, -0.15) is 0 Å². The van der Waals surface area contributed by atoms with Crippen molar-refractivity contribution in [2.24, 2.45) is 11.3 Å². The van der Waals surface area contributed by atoms with Crippen molar-refractivity contribution in [1.82, 2.24) is 26.0 Å². The number of hydrogen-bond donors (Lipinski definition) is 5. The minimum atomic E-state index is -3.78. The van der Waals surface area contributed by atoms with Gasteiger partial charge in [-0.25, -0.2) is 13.2 Å². The van der Waals surface area contributed by atoms with Crippen LogP contribution in [0.5, 0.6) is 0 Å². The third kappa shape index (κ3) is 7.85. The minimum absolute atomic E-state index is 0.101. The fraction of sp³-hybridized carbons (Fsp3) is 0.852. The molecule has 3 saturated carbocycles. The van der Waals surface area contributed by atoms with Crippen molar-refractivity contribution < 1.29 is 27.6 Å². The molecule has 12 heteroatoms. The highest BCUT2D eigenvalue weighted by atomic mass is 32.2. The van der Waals surface area contributed by atoms with Crippen LogP contribution < -0.4 is 26.0 Å². The quantitative estimate of drug-likeness (QED) is 0.214. The number of rotatable bonds is 13. The van der Waals surface area contributed by atoms with E-state index in [2.05, 4.69) is 26.0 Å². The maximum Gasteiger partial charge on any atom is 0.315 e. The van der Waals surface area contributed by atoms with Gasteiger partial charge in [-0.15, -0.1) is 0 Å². The molecule has 0 unspecified atom stereocenters. The van der Waals surface area contributed by atoms with E-state index < -0.39 is 37.7 Å². The number of amides is 5. The Kier molecular flexibility index (Phi) is 9.60. The van der Waals surface area contributed by atoms with Crippen LogP contribution in [0.3, 0.4) is 0 Å². The molecule has 0 aliphatic heterocycles. The summed E-state index contributed by atoms with van der Waals surface area (Å²) in [6, 6.07) is -0.897. The van der Waals surface area contributed by atoms with Crippen LogP contribution in [0.25, 0.3) is 0 Å². The van der Waals surface area contributed by atoms with E-state index in [0.717, 1.165) is 25.7 Å². The summed E-state index contributed by atoms with van der Waals surface area (Å²) in [6.07, 6.45) is 7.37. The molecule has 3 aliphatic carbocycles. The van der Waals surface area contributed by atoms with E-state index in [4.69, 9.17) is 0 Å². The number of nitrogens with one attached hydrogen (secondary N) is 5. The number of unbranched alkanes of at least 4 members (excludes halogenated alkanes) is 1. The van der Waals surface area contributed by atoms with E-state index in [-0.39, 0.29) is 36.2 Å². The van der Waals surface area contributed by atoms with Crippen molar-refractivity contribution in [3.05, 3.63) is 0 Å². The highest BCUT2D eigenvalue weighted by Crippen LogP contribution is 2.47. The molecule has 3 rings (SSSR count). The van der Waals surface area contributed by atoms with Crippen LogP contribution in [0.1, 0.15) is 105 Å². The van der Waals surface area contributed by atoms with Gasteiger partial charge in [-0.05, 0) is 63.2 Å². The summed E-state index contributed by atoms with van der Waals surface area (Å²) in [7, 11) is -3.78. The largest absolute Gasteiger partial charge is 0.354 e. The van der Waals surface area contributed by atoms with Crippen molar-refractivity contribution >= 4 is 33.8 Å². The van der Waals surface area contributed by atoms with E-state index in [1.165, 1.54) is 0 Å². The Morgan fingerprint density at radius 3 is 2.21 bits per heavy atom. The zero-order chi connectivity index (χ0) is 29.1. The maximum absolute atomic E-state index is 12.9. The first kappa shape index (κ1) is 31.2. The van der Waals surface area contributed by atoms with Gasteiger partial charge in [0.15, 0.2) is 0 Å². The molecule has 3 fully saturated rings. The van der Waals surface area contributed by atoms with Gasteiger partial charge in [-0.3, -0.25) is 19.1 Å². The van der Waals surface area contributed by atoms with Crippen molar-refractivity contribution in [3.8, 4) is 0 Å². The SMILES string of the molecule is CC[C@@H]1C[C@]1(NC(=O)CCCCNC(=O)[C@@H](NC(=O)NC1CCCC1)C(C)(C)C)C(=O)NS(=O)(=O)C1(C)CC1. The number of sulfonamides is 1. The van der Waals surface area contributed by atoms with E-state index in [0.29, 0.717) is 45.1 Å². The van der Waals surface area contributed by atoms with Gasteiger partial charge >= 0.3 is 6.03 Å². The van der Waals surface area contributed by atoms with Gasteiger partial charge in [0, 0.05) is 19.0 Å². The number of hydrogen-bond acceptors (Lipinski definition) is 6. The van der Waals surface area contributed by atoms with Crippen LogP contribution in [0, 0.1) is 11.3 Å². The van der Waals surface area contributed by atoms with E-state index >= 15 is 0 Å². The molecule has 0 bridgehead atoms. The Morgan fingerprint density at radius 1 is 1.03 bits per heavy atom. The molecule has 0 aromatic carbocycles. The van der Waals surface area contributed by atoms with Gasteiger partial charge in [0.25, 0.3) is 5.91 Å². The van der Waals surface area contributed by atoms with E-state index in [1.54, 1.807) is 6.92 Å². The second-order valence-corrected chi connectivity index (χ2v) is 15.1. The molecule has 0 spiro atoms. The average molecular weight is 570 g/mol. The lowest BCUT2D eigenvalue weighted by atomic mass is 9.86. The van der Waals surface area contributed by atoms with Crippen molar-refractivity contribution in [3.63, 3.8) is 0 Å². The number of carbonyl (C=O) groups excluding carboxylic acids is 4. The predicted molar refractivity (Wildman–Crippen MR) is 148 cm³/mol. The standard InChI is InChI=1S/C27H47N5O6S/c1-6-18-17-27(18,23(35)32-39(37,38)26(5)14-15-26)31-20(33)13-9-10-16-28-22(34)21(25(2,3)4)30-24(36)29-19-11-7-8-12-19/h18-19,21H,6-17H2,1-5H3,(H,28,34)(H,31,33)(H,32,35)(H2,29,30,36)/t18-,21-,27-/m1/s1. The summed E-state index contributed by atoms with van der Waals surface area (Å²) in [5.74, 6) is -1.35. The monoisotopic (exact) mass is 569 g/mol. The van der Waals surface area contributed by atoms with Gasteiger partial charge in [0.1, 0.15) is 11.6 Å². The third-order valence-corrected chi connectivity index (χ3v) is 10.6. The highest BCUT2D eigenvalue weighted by Gasteiger charge is 2.62. The van der Waals surface area contributed by atoms with Crippen molar-refractivity contribution in [1.29, 1.82) is 0 Å². The number of urea groups is 1. The number of carbonyl (C=O) groups is 4. The summed E-state index contributed by atoms with van der Waals surface area (Å²) in [4.78, 5) is 50.9. The summed E-state index contributed by atoms with van der Waals surface area (Å²) in [5, 5.41) is 11.4. The van der Waals surface area contributed by atoms with Crippen LogP contribution in [-0.4, -0.2) is 61.1 Å². The lowest BCUT2D eigenvalue weighted by molar-refractivity contribution is -0.129.